The first-order chi connectivity index (χ1) is 40.7. The zero-order valence-electron chi connectivity index (χ0n) is 48.0. The molecule has 0 saturated heterocycles. The van der Waals surface area contributed by atoms with Crippen LogP contribution in [-0.2, 0) is 58.5 Å². The number of pyridine rings is 3. The Balaban J connectivity index is 0.000000126. The maximum absolute atomic E-state index is 12.1. The molecule has 7 aromatic rings. The van der Waals surface area contributed by atoms with Crippen molar-refractivity contribution in [3.05, 3.63) is 184 Å². The molecule has 2 aromatic carbocycles. The van der Waals surface area contributed by atoms with Crippen molar-refractivity contribution in [1.29, 1.82) is 0 Å². The number of benzene rings is 2. The number of hydrogen-bond acceptors (Lipinski definition) is 11. The molecule has 7 aliphatic rings. The van der Waals surface area contributed by atoms with E-state index in [2.05, 4.69) is 124 Å². The highest BCUT2D eigenvalue weighted by Crippen LogP contribution is 2.48. The molecule has 0 spiro atoms. The SMILES string of the molecule is CCCCS(=O)(=O)NC1CC(C2=CB(O)Cc3cnc4[nH]ccc4c32)C1.CCCS(=O)(=O)NC1CC(C2=CB(O)Cc3cnc4c(c32)C=CC4)C1.OB1C=C(C2CC(N(Cc3ccccc3)Cc3ccccc3)C2)c2c(cnc3[nH]ccc23)C1. The molecule has 20 heteroatoms. The van der Waals surface area contributed by atoms with Gasteiger partial charge in [0, 0.05) is 85.0 Å². The van der Waals surface area contributed by atoms with Crippen LogP contribution in [0, 0.1) is 17.8 Å². The quantitative estimate of drug-likeness (QED) is 0.0426. The number of sulfonamides is 2. The van der Waals surface area contributed by atoms with Gasteiger partial charge >= 0.3 is 20.7 Å². The van der Waals surface area contributed by atoms with Crippen LogP contribution in [0.2, 0.25) is 0 Å². The van der Waals surface area contributed by atoms with Gasteiger partial charge in [-0.1, -0.05) is 111 Å². The molecule has 3 aliphatic heterocycles. The largest absolute Gasteiger partial charge is 0.446 e. The lowest BCUT2D eigenvalue weighted by atomic mass is 9.54. The van der Waals surface area contributed by atoms with Crippen LogP contribution in [0.1, 0.15) is 127 Å². The Morgan fingerprint density at radius 2 is 1.02 bits per heavy atom. The van der Waals surface area contributed by atoms with E-state index < -0.39 is 40.8 Å². The fourth-order valence-electron chi connectivity index (χ4n) is 13.8. The third-order valence-corrected chi connectivity index (χ3v) is 21.2. The lowest BCUT2D eigenvalue weighted by Crippen LogP contribution is -2.45. The van der Waals surface area contributed by atoms with Crippen LogP contribution in [0.25, 0.3) is 44.9 Å². The van der Waals surface area contributed by atoms with E-state index in [9.17, 15) is 31.9 Å². The molecule has 0 bridgehead atoms. The number of allylic oxidation sites excluding steroid dienone is 4. The number of nitrogens with one attached hydrogen (secondary N) is 4. The highest BCUT2D eigenvalue weighted by molar-refractivity contribution is 7.89. The number of H-pyrrole nitrogens is 2. The molecule has 8 heterocycles. The molecule has 3 fully saturated rings. The second-order valence-electron chi connectivity index (χ2n) is 24.3. The molecule has 4 aliphatic carbocycles. The van der Waals surface area contributed by atoms with Gasteiger partial charge in [0.2, 0.25) is 20.0 Å². The summed E-state index contributed by atoms with van der Waals surface area (Å²) in [6.45, 7) is 4.36. The number of fused-ring (bicyclic) bond motifs is 9. The van der Waals surface area contributed by atoms with Gasteiger partial charge in [0.1, 0.15) is 11.3 Å². The summed E-state index contributed by atoms with van der Waals surface area (Å²) in [5.74, 6) is 7.43. The maximum atomic E-state index is 12.1. The Morgan fingerprint density at radius 1 is 0.571 bits per heavy atom. The number of nitrogens with zero attached hydrogens (tertiary/aromatic N) is 4. The van der Waals surface area contributed by atoms with Crippen LogP contribution in [0.4, 0.5) is 0 Å². The van der Waals surface area contributed by atoms with Gasteiger partial charge in [0.05, 0.1) is 17.2 Å². The maximum Gasteiger partial charge on any atom is 0.321 e. The molecular weight excluding hydrogens is 1090 g/mol. The second-order valence-corrected chi connectivity index (χ2v) is 28.0. The van der Waals surface area contributed by atoms with Crippen molar-refractivity contribution in [3.63, 3.8) is 0 Å². The highest BCUT2D eigenvalue weighted by Gasteiger charge is 2.42. The molecular formula is C64H75B3N8O7S2. The number of unbranched alkanes of at least 4 members (excludes halogenated alkanes) is 1. The van der Waals surface area contributed by atoms with E-state index >= 15 is 0 Å². The molecule has 3 saturated carbocycles. The minimum absolute atomic E-state index is 0.00571. The van der Waals surface area contributed by atoms with Gasteiger partial charge in [-0.05, 0) is 161 Å². The minimum atomic E-state index is -3.19. The van der Waals surface area contributed by atoms with Gasteiger partial charge in [0.15, 0.2) is 0 Å². The van der Waals surface area contributed by atoms with Gasteiger partial charge in [-0.2, -0.15) is 0 Å². The van der Waals surface area contributed by atoms with Crippen molar-refractivity contribution in [1.82, 2.24) is 39.3 Å². The van der Waals surface area contributed by atoms with Gasteiger partial charge in [0.25, 0.3) is 0 Å². The zero-order chi connectivity index (χ0) is 58.1. The molecule has 7 N–H and O–H groups in total. The Morgan fingerprint density at radius 3 is 1.51 bits per heavy atom. The van der Waals surface area contributed by atoms with Crippen molar-refractivity contribution in [3.8, 4) is 0 Å². The average molecular weight is 1160 g/mol. The van der Waals surface area contributed by atoms with Gasteiger partial charge in [-0.3, -0.25) is 9.88 Å². The van der Waals surface area contributed by atoms with E-state index in [1.807, 2.05) is 62.8 Å². The Labute approximate surface area is 495 Å². The van der Waals surface area contributed by atoms with Crippen LogP contribution in [0.15, 0.2) is 128 Å². The van der Waals surface area contributed by atoms with Crippen LogP contribution in [0.5, 0.6) is 0 Å². The summed E-state index contributed by atoms with van der Waals surface area (Å²) < 4.78 is 53.7. The predicted octanol–water partition coefficient (Wildman–Crippen LogP) is 8.87. The molecule has 15 nitrogen and oxygen atoms in total. The summed E-state index contributed by atoms with van der Waals surface area (Å²) in [5.41, 5.74) is 17.4. The standard InChI is InChI=1S/C28H28BN3O.C18H24BN3O3S.C18H23BN2O3S/c33-29-15-23-17-31-28-25(11-12-30-28)27(23)26(16-29)22-13-24(14-22)32(18-20-7-3-1-4-8-20)19-21-9-5-2-6-10-21;1-2-3-6-26(24,25)22-14-7-12(8-14)16-10-19(23)9-13-11-21-18-15(17(13)16)4-5-20-18;1-2-6-25(23,24)21-14-7-12(8-14)16-10-19(22)9-13-11-20-17-5-3-4-15(17)18(13)16/h1-12,16-17,22,24,33H,13-15,18-19H2,(H,30,31);4-5,10-12,14,22-23H,2-3,6-9H2,1H3,(H,20,21);3-4,10-12,14,21-22H,2,5-9H2,1H3. The van der Waals surface area contributed by atoms with E-state index in [0.717, 1.165) is 104 Å². The van der Waals surface area contributed by atoms with Gasteiger partial charge < -0.3 is 25.0 Å². The number of hydrogen-bond donors (Lipinski definition) is 7. The topological polar surface area (TPSA) is 227 Å². The van der Waals surface area contributed by atoms with Crippen LogP contribution >= 0.6 is 0 Å². The smallest absolute Gasteiger partial charge is 0.321 e. The molecule has 84 heavy (non-hydrogen) atoms. The predicted molar refractivity (Wildman–Crippen MR) is 339 cm³/mol. The summed E-state index contributed by atoms with van der Waals surface area (Å²) >= 11 is 0. The van der Waals surface area contributed by atoms with Crippen molar-refractivity contribution in [2.24, 2.45) is 17.8 Å². The van der Waals surface area contributed by atoms with Crippen molar-refractivity contribution in [2.75, 3.05) is 11.5 Å². The summed E-state index contributed by atoms with van der Waals surface area (Å²) in [6.07, 6.45) is 24.0. The lowest BCUT2D eigenvalue weighted by molar-refractivity contribution is 0.0866. The third kappa shape index (κ3) is 12.8. The Hall–Kier alpha value is -6.22. The molecule has 434 valence electrons. The fourth-order valence-corrected chi connectivity index (χ4v) is 16.7. The summed E-state index contributed by atoms with van der Waals surface area (Å²) in [5, 5.41) is 33.3. The molecule has 0 amide bonds. The Bertz CT molecular complexity index is 3830. The van der Waals surface area contributed by atoms with Crippen molar-refractivity contribution >= 4 is 85.7 Å². The number of aromatic amines is 2. The van der Waals surface area contributed by atoms with Crippen molar-refractivity contribution in [2.45, 2.75) is 128 Å². The first-order valence-electron chi connectivity index (χ1n) is 30.3. The fraction of sp³-hybridized carbons (Fsp3) is 0.391. The third-order valence-electron chi connectivity index (χ3n) is 18.1. The zero-order valence-corrected chi connectivity index (χ0v) is 49.6. The number of aromatic nitrogens is 5. The van der Waals surface area contributed by atoms with Gasteiger partial charge in [-0.15, -0.1) is 0 Å². The van der Waals surface area contributed by atoms with E-state index in [1.54, 1.807) is 0 Å². The van der Waals surface area contributed by atoms with E-state index in [-0.39, 0.29) is 29.5 Å². The Kier molecular flexibility index (Phi) is 17.3. The number of rotatable bonds is 17. The summed E-state index contributed by atoms with van der Waals surface area (Å²) in [7, 11) is -6.36. The summed E-state index contributed by atoms with van der Waals surface area (Å²) in [4.78, 5) is 22.5. The average Bonchev–Trinajstić information content (AvgIpc) is 2.20. The molecule has 0 radical (unpaired) electrons. The monoisotopic (exact) mass is 1160 g/mol. The molecule has 14 rings (SSSR count). The first kappa shape index (κ1) is 58.2. The lowest BCUT2D eigenvalue weighted by Gasteiger charge is -2.45. The van der Waals surface area contributed by atoms with E-state index in [1.165, 1.54) is 55.5 Å². The molecule has 5 aromatic heterocycles. The summed E-state index contributed by atoms with van der Waals surface area (Å²) in [6, 6.07) is 26.2. The van der Waals surface area contributed by atoms with Crippen molar-refractivity contribution < 1.29 is 31.9 Å². The molecule has 0 atom stereocenters. The normalized spacial score (nSPS) is 22.2. The van der Waals surface area contributed by atoms with Crippen LogP contribution in [-0.4, -0.2) is 112 Å². The first-order valence-corrected chi connectivity index (χ1v) is 33.6. The highest BCUT2D eigenvalue weighted by atomic mass is 32.2. The van der Waals surface area contributed by atoms with E-state index in [0.29, 0.717) is 49.7 Å². The second kappa shape index (κ2) is 25.0. The van der Waals surface area contributed by atoms with Gasteiger partial charge in [-0.25, -0.2) is 36.2 Å². The van der Waals surface area contributed by atoms with E-state index in [4.69, 9.17) is 0 Å². The van der Waals surface area contributed by atoms with Crippen LogP contribution in [0.3, 0.4) is 0 Å². The molecule has 0 unspecified atom stereocenters. The minimum Gasteiger partial charge on any atom is -0.446 e. The van der Waals surface area contributed by atoms with Crippen LogP contribution < -0.4 is 9.44 Å².